The van der Waals surface area contributed by atoms with Crippen molar-refractivity contribution < 1.29 is 13.3 Å². The van der Waals surface area contributed by atoms with E-state index in [1.165, 1.54) is 23.0 Å². The molecule has 2 aromatic rings. The zero-order valence-corrected chi connectivity index (χ0v) is 11.5. The second-order valence-electron chi connectivity index (χ2n) is 4.04. The molecule has 2 rings (SSSR count). The Bertz CT molecular complexity index is 743. The summed E-state index contributed by atoms with van der Waals surface area (Å²) < 4.78 is 27.8. The van der Waals surface area contributed by atoms with Crippen molar-refractivity contribution in [3.05, 3.63) is 40.7 Å². The van der Waals surface area contributed by atoms with E-state index in [0.29, 0.717) is 0 Å². The Morgan fingerprint density at radius 1 is 1.43 bits per heavy atom. The third-order valence-corrected chi connectivity index (χ3v) is 4.07. The third-order valence-electron chi connectivity index (χ3n) is 2.61. The van der Waals surface area contributed by atoms with E-state index in [9.17, 15) is 18.5 Å². The zero-order chi connectivity index (χ0) is 15.5. The van der Waals surface area contributed by atoms with Crippen LogP contribution in [0.3, 0.4) is 0 Å². The van der Waals surface area contributed by atoms with Gasteiger partial charge in [-0.25, -0.2) is 13.1 Å². The minimum Gasteiger partial charge on any atom is -0.393 e. The van der Waals surface area contributed by atoms with Gasteiger partial charge in [0.05, 0.1) is 22.6 Å². The van der Waals surface area contributed by atoms with E-state index in [0.717, 1.165) is 6.07 Å². The Labute approximate surface area is 119 Å². The summed E-state index contributed by atoms with van der Waals surface area (Å²) >= 11 is 0. The molecular weight excluding hydrogens is 300 g/mol. The van der Waals surface area contributed by atoms with E-state index in [4.69, 9.17) is 5.73 Å². The maximum atomic E-state index is 12.0. The number of aromatic nitrogens is 3. The molecule has 0 bridgehead atoms. The van der Waals surface area contributed by atoms with E-state index in [1.807, 2.05) is 0 Å². The number of hydrogen-bond donors (Lipinski definition) is 2. The van der Waals surface area contributed by atoms with Crippen molar-refractivity contribution in [1.29, 1.82) is 0 Å². The summed E-state index contributed by atoms with van der Waals surface area (Å²) in [6.45, 7) is 0.361. The lowest BCUT2D eigenvalue weighted by Gasteiger charge is -2.07. The van der Waals surface area contributed by atoms with E-state index >= 15 is 0 Å². The number of nitrogens with two attached hydrogens (primary N) is 1. The van der Waals surface area contributed by atoms with Crippen LogP contribution in [-0.4, -0.2) is 34.9 Å². The van der Waals surface area contributed by atoms with Crippen LogP contribution >= 0.6 is 0 Å². The Kier molecular flexibility index (Phi) is 4.14. The molecule has 1 heterocycles. The highest BCUT2D eigenvalue weighted by Crippen LogP contribution is 2.24. The van der Waals surface area contributed by atoms with Crippen LogP contribution in [0.15, 0.2) is 35.5 Å². The minimum absolute atomic E-state index is 0.0733. The van der Waals surface area contributed by atoms with E-state index in [-0.39, 0.29) is 23.7 Å². The third kappa shape index (κ3) is 3.52. The minimum atomic E-state index is -3.86. The summed E-state index contributed by atoms with van der Waals surface area (Å²) in [5, 5.41) is 18.0. The first kappa shape index (κ1) is 14.9. The monoisotopic (exact) mass is 312 g/mol. The number of hydrogen-bond acceptors (Lipinski definition) is 7. The number of nitrogen functional groups attached to an aromatic ring is 1. The molecule has 3 N–H and O–H groups in total. The fraction of sp³-hybridized carbons (Fsp3) is 0.200. The number of rotatable bonds is 6. The van der Waals surface area contributed by atoms with E-state index in [2.05, 4.69) is 15.0 Å². The summed E-state index contributed by atoms with van der Waals surface area (Å²) in [4.78, 5) is 9.81. The van der Waals surface area contributed by atoms with Gasteiger partial charge in [-0.1, -0.05) is 5.21 Å². The second-order valence-corrected chi connectivity index (χ2v) is 5.81. The molecule has 1 aromatic carbocycles. The highest BCUT2D eigenvalue weighted by Gasteiger charge is 2.19. The molecule has 112 valence electrons. The summed E-state index contributed by atoms with van der Waals surface area (Å²) in [5.41, 5.74) is 4.88. The predicted octanol–water partition coefficient (Wildman–Crippen LogP) is -0.253. The average molecular weight is 312 g/mol. The van der Waals surface area contributed by atoms with E-state index in [1.54, 1.807) is 6.20 Å². The molecule has 0 spiro atoms. The molecule has 11 heteroatoms. The number of benzene rings is 1. The molecule has 0 fully saturated rings. The van der Waals surface area contributed by atoms with Gasteiger partial charge in [0.15, 0.2) is 0 Å². The fourth-order valence-corrected chi connectivity index (χ4v) is 2.62. The normalized spacial score (nSPS) is 11.4. The first-order valence-corrected chi connectivity index (χ1v) is 7.26. The number of nitrogens with one attached hydrogen (secondary N) is 1. The molecule has 0 amide bonds. The highest BCUT2D eigenvalue weighted by molar-refractivity contribution is 7.89. The van der Waals surface area contributed by atoms with Crippen LogP contribution in [0.1, 0.15) is 0 Å². The second kappa shape index (κ2) is 5.85. The van der Waals surface area contributed by atoms with Gasteiger partial charge >= 0.3 is 0 Å². The molecule has 0 aliphatic carbocycles. The topological polar surface area (TPSA) is 146 Å². The van der Waals surface area contributed by atoms with Crippen LogP contribution in [0.25, 0.3) is 0 Å². The van der Waals surface area contributed by atoms with Gasteiger partial charge in [-0.05, 0) is 12.1 Å². The largest absolute Gasteiger partial charge is 0.393 e. The van der Waals surface area contributed by atoms with Crippen molar-refractivity contribution in [3.8, 4) is 0 Å². The molecule has 10 nitrogen and oxygen atoms in total. The standard InChI is InChI=1S/C10H12N6O4S/c11-9-2-1-8(7-10(9)16(17)18)21(19,20)13-4-6-15-5-3-12-14-15/h1-3,5,7,13H,4,6,11H2. The maximum Gasteiger partial charge on any atom is 0.293 e. The Balaban J connectivity index is 2.12. The molecule has 0 saturated carbocycles. The summed E-state index contributed by atoms with van der Waals surface area (Å²) in [6, 6.07) is 3.32. The summed E-state index contributed by atoms with van der Waals surface area (Å²) in [6.07, 6.45) is 3.06. The SMILES string of the molecule is Nc1ccc(S(=O)(=O)NCCn2ccnn2)cc1[N+](=O)[O-]. The van der Waals surface area contributed by atoms with Crippen molar-refractivity contribution in [2.75, 3.05) is 12.3 Å². The quantitative estimate of drug-likeness (QED) is 0.424. The van der Waals surface area contributed by atoms with Gasteiger partial charge < -0.3 is 5.73 Å². The number of sulfonamides is 1. The Morgan fingerprint density at radius 3 is 2.81 bits per heavy atom. The smallest absolute Gasteiger partial charge is 0.293 e. The Morgan fingerprint density at radius 2 is 2.19 bits per heavy atom. The lowest BCUT2D eigenvalue weighted by Crippen LogP contribution is -2.27. The van der Waals surface area contributed by atoms with Crippen LogP contribution in [0.4, 0.5) is 11.4 Å². The van der Waals surface area contributed by atoms with Crippen molar-refractivity contribution in [2.24, 2.45) is 0 Å². The first-order chi connectivity index (χ1) is 9.90. The van der Waals surface area contributed by atoms with Gasteiger partial charge in [-0.3, -0.25) is 14.8 Å². The number of nitrogens with zero attached hydrogens (tertiary/aromatic N) is 4. The molecular formula is C10H12N6O4S. The lowest BCUT2D eigenvalue weighted by atomic mass is 10.3. The summed E-state index contributed by atoms with van der Waals surface area (Å²) in [5.74, 6) is 0. The van der Waals surface area contributed by atoms with Crippen LogP contribution in [-0.2, 0) is 16.6 Å². The van der Waals surface area contributed by atoms with Gasteiger partial charge in [0.2, 0.25) is 10.0 Å². The zero-order valence-electron chi connectivity index (χ0n) is 10.7. The number of anilines is 1. The van der Waals surface area contributed by atoms with E-state index < -0.39 is 20.6 Å². The van der Waals surface area contributed by atoms with Gasteiger partial charge in [0.25, 0.3) is 5.69 Å². The Hall–Kier alpha value is -2.53. The molecule has 0 saturated heterocycles. The van der Waals surface area contributed by atoms with Gasteiger partial charge in [0, 0.05) is 18.8 Å². The number of nitro groups is 1. The molecule has 21 heavy (non-hydrogen) atoms. The maximum absolute atomic E-state index is 12.0. The molecule has 0 radical (unpaired) electrons. The van der Waals surface area contributed by atoms with Crippen molar-refractivity contribution >= 4 is 21.4 Å². The van der Waals surface area contributed by atoms with Gasteiger partial charge in [-0.2, -0.15) is 0 Å². The van der Waals surface area contributed by atoms with Gasteiger partial charge in [-0.15, -0.1) is 5.10 Å². The number of nitro benzene ring substituents is 1. The molecule has 1 aromatic heterocycles. The van der Waals surface area contributed by atoms with Crippen LogP contribution in [0, 0.1) is 10.1 Å². The molecule has 0 atom stereocenters. The van der Waals surface area contributed by atoms with Crippen LogP contribution in [0.2, 0.25) is 0 Å². The molecule has 0 aliphatic heterocycles. The van der Waals surface area contributed by atoms with Crippen molar-refractivity contribution in [3.63, 3.8) is 0 Å². The summed E-state index contributed by atoms with van der Waals surface area (Å²) in [7, 11) is -3.86. The lowest BCUT2D eigenvalue weighted by molar-refractivity contribution is -0.384. The van der Waals surface area contributed by atoms with Crippen molar-refractivity contribution in [2.45, 2.75) is 11.4 Å². The fourth-order valence-electron chi connectivity index (χ4n) is 1.58. The highest BCUT2D eigenvalue weighted by atomic mass is 32.2. The van der Waals surface area contributed by atoms with Crippen molar-refractivity contribution in [1.82, 2.24) is 19.7 Å². The van der Waals surface area contributed by atoms with Gasteiger partial charge in [0.1, 0.15) is 5.69 Å². The average Bonchev–Trinajstić information content (AvgIpc) is 2.91. The molecule has 0 unspecified atom stereocenters. The first-order valence-electron chi connectivity index (χ1n) is 5.78. The van der Waals surface area contributed by atoms with Crippen LogP contribution in [0.5, 0.6) is 0 Å². The van der Waals surface area contributed by atoms with Crippen LogP contribution < -0.4 is 10.5 Å². The molecule has 0 aliphatic rings. The predicted molar refractivity (Wildman–Crippen MR) is 72.7 cm³/mol.